The Morgan fingerprint density at radius 3 is 2.32 bits per heavy atom. The lowest BCUT2D eigenvalue weighted by atomic mass is 9.72. The monoisotopic (exact) mass is 307 g/mol. The van der Waals surface area contributed by atoms with Gasteiger partial charge in [-0.25, -0.2) is 0 Å². The van der Waals surface area contributed by atoms with Crippen molar-refractivity contribution in [2.24, 2.45) is 5.41 Å². The Balaban J connectivity index is 2.93. The molecule has 0 aliphatic heterocycles. The van der Waals surface area contributed by atoms with Crippen LogP contribution in [0.5, 0.6) is 5.75 Å². The fourth-order valence-corrected chi connectivity index (χ4v) is 2.90. The molecule has 1 N–H and O–H groups in total. The molecule has 1 radical (unpaired) electrons. The molecule has 125 valence electrons. The molecule has 1 rings (SSSR count). The predicted molar refractivity (Wildman–Crippen MR) is 90.6 cm³/mol. The van der Waals surface area contributed by atoms with Gasteiger partial charge in [0.1, 0.15) is 12.4 Å². The Hall–Kier alpha value is -1.06. The van der Waals surface area contributed by atoms with Gasteiger partial charge in [0.25, 0.3) is 6.29 Å². The van der Waals surface area contributed by atoms with Gasteiger partial charge in [0.05, 0.1) is 0 Å². The highest BCUT2D eigenvalue weighted by atomic mass is 16.6. The van der Waals surface area contributed by atoms with E-state index in [2.05, 4.69) is 40.7 Å². The zero-order valence-electron chi connectivity index (χ0n) is 15.1. The van der Waals surface area contributed by atoms with Crippen molar-refractivity contribution in [1.29, 1.82) is 0 Å². The van der Waals surface area contributed by atoms with Gasteiger partial charge >= 0.3 is 0 Å². The lowest BCUT2D eigenvalue weighted by Crippen LogP contribution is -2.25. The summed E-state index contributed by atoms with van der Waals surface area (Å²) >= 11 is 0. The Kier molecular flexibility index (Phi) is 6.45. The number of aliphatic hydroxyl groups excluding tert-OH is 1. The van der Waals surface area contributed by atoms with Crippen molar-refractivity contribution in [1.82, 2.24) is 0 Å². The zero-order chi connectivity index (χ0) is 17.0. The van der Waals surface area contributed by atoms with Crippen LogP contribution < -0.4 is 4.74 Å². The van der Waals surface area contributed by atoms with Gasteiger partial charge in [0.15, 0.2) is 0 Å². The van der Waals surface area contributed by atoms with E-state index in [1.165, 1.54) is 5.56 Å². The van der Waals surface area contributed by atoms with E-state index in [1.807, 2.05) is 26.0 Å². The number of hydrogen-bond donors (Lipinski definition) is 1. The minimum atomic E-state index is -0.101. The van der Waals surface area contributed by atoms with Crippen LogP contribution in [0.15, 0.2) is 18.2 Å². The maximum Gasteiger partial charge on any atom is 0.300 e. The fourth-order valence-electron chi connectivity index (χ4n) is 2.90. The van der Waals surface area contributed by atoms with Gasteiger partial charge in [0, 0.05) is 6.61 Å². The number of ether oxygens (including phenoxy) is 2. The van der Waals surface area contributed by atoms with E-state index in [0.717, 1.165) is 12.0 Å². The van der Waals surface area contributed by atoms with Crippen molar-refractivity contribution in [2.45, 2.75) is 60.3 Å². The first-order chi connectivity index (χ1) is 10.0. The first-order valence-corrected chi connectivity index (χ1v) is 7.97. The van der Waals surface area contributed by atoms with Crippen LogP contribution in [0.3, 0.4) is 0 Å². The molecule has 0 aliphatic carbocycles. The van der Waals surface area contributed by atoms with E-state index in [1.54, 1.807) is 0 Å². The number of aliphatic hydroxyl groups is 1. The highest BCUT2D eigenvalue weighted by Crippen LogP contribution is 2.38. The van der Waals surface area contributed by atoms with Crippen LogP contribution in [0.2, 0.25) is 0 Å². The van der Waals surface area contributed by atoms with Gasteiger partial charge in [-0.3, -0.25) is 0 Å². The molecule has 3 heteroatoms. The highest BCUT2D eigenvalue weighted by Gasteiger charge is 2.28. The standard InChI is InChI=1S/C19H31O3/c1-8-21-12-17(20)22-16-11-15(10-9-14(16)2)19(6,7)13-18(3,4)5/h9-11,20H,8,12-13H2,1-7H3. The van der Waals surface area contributed by atoms with Crippen LogP contribution in [0.1, 0.15) is 59.1 Å². The summed E-state index contributed by atoms with van der Waals surface area (Å²) in [6.07, 6.45) is 0.965. The van der Waals surface area contributed by atoms with Crippen LogP contribution >= 0.6 is 0 Å². The van der Waals surface area contributed by atoms with E-state index in [0.29, 0.717) is 12.4 Å². The van der Waals surface area contributed by atoms with Crippen LogP contribution in [0, 0.1) is 18.6 Å². The molecule has 0 aliphatic rings. The third-order valence-corrected chi connectivity index (χ3v) is 3.60. The van der Waals surface area contributed by atoms with Crippen LogP contribution in [-0.4, -0.2) is 18.3 Å². The summed E-state index contributed by atoms with van der Waals surface area (Å²) in [6, 6.07) is 6.22. The lowest BCUT2D eigenvalue weighted by Gasteiger charge is -2.33. The smallest absolute Gasteiger partial charge is 0.300 e. The first kappa shape index (κ1) is 19.0. The van der Waals surface area contributed by atoms with E-state index < -0.39 is 0 Å². The second-order valence-electron chi connectivity index (χ2n) is 7.73. The lowest BCUT2D eigenvalue weighted by molar-refractivity contribution is 0.0154. The minimum absolute atomic E-state index is 0.0413. The maximum atomic E-state index is 9.81. The molecule has 0 fully saturated rings. The Bertz CT molecular complexity index is 472. The summed E-state index contributed by atoms with van der Waals surface area (Å²) in [5, 5.41) is 9.81. The maximum absolute atomic E-state index is 9.81. The van der Waals surface area contributed by atoms with Crippen molar-refractivity contribution in [3.8, 4) is 5.75 Å². The first-order valence-electron chi connectivity index (χ1n) is 7.97. The zero-order valence-corrected chi connectivity index (χ0v) is 15.1. The normalized spacial score (nSPS) is 12.8. The topological polar surface area (TPSA) is 38.7 Å². The third-order valence-electron chi connectivity index (χ3n) is 3.60. The molecular weight excluding hydrogens is 276 g/mol. The quantitative estimate of drug-likeness (QED) is 0.771. The Morgan fingerprint density at radius 1 is 1.14 bits per heavy atom. The molecule has 0 saturated heterocycles. The largest absolute Gasteiger partial charge is 0.453 e. The molecule has 0 saturated carbocycles. The van der Waals surface area contributed by atoms with E-state index >= 15 is 0 Å². The summed E-state index contributed by atoms with van der Waals surface area (Å²) in [5.74, 6) is 0.691. The molecular formula is C19H31O3. The fraction of sp³-hybridized carbons (Fsp3) is 0.632. The number of hydrogen-bond acceptors (Lipinski definition) is 3. The van der Waals surface area contributed by atoms with Gasteiger partial charge in [-0.1, -0.05) is 46.8 Å². The van der Waals surface area contributed by atoms with Crippen LogP contribution in [0.25, 0.3) is 0 Å². The predicted octanol–water partition coefficient (Wildman–Crippen LogP) is 4.99. The number of rotatable bonds is 7. The highest BCUT2D eigenvalue weighted by molar-refractivity contribution is 5.40. The molecule has 3 nitrogen and oxygen atoms in total. The van der Waals surface area contributed by atoms with E-state index in [4.69, 9.17) is 9.47 Å². The second-order valence-corrected chi connectivity index (χ2v) is 7.73. The number of benzene rings is 1. The summed E-state index contributed by atoms with van der Waals surface area (Å²) in [6.45, 7) is 15.8. The van der Waals surface area contributed by atoms with Gasteiger partial charge in [-0.2, -0.15) is 0 Å². The molecule has 0 bridgehead atoms. The van der Waals surface area contributed by atoms with Crippen molar-refractivity contribution in [2.75, 3.05) is 13.2 Å². The van der Waals surface area contributed by atoms with E-state index in [-0.39, 0.29) is 23.7 Å². The second kappa shape index (κ2) is 7.47. The number of aryl methyl sites for hydroxylation is 1. The van der Waals surface area contributed by atoms with Gasteiger partial charge < -0.3 is 14.6 Å². The third kappa shape index (κ3) is 5.98. The summed E-state index contributed by atoms with van der Waals surface area (Å²) in [4.78, 5) is 0. The van der Waals surface area contributed by atoms with Crippen LogP contribution in [0.4, 0.5) is 0 Å². The summed E-state index contributed by atoms with van der Waals surface area (Å²) in [5.41, 5.74) is 2.50. The molecule has 1 aromatic carbocycles. The summed E-state index contributed by atoms with van der Waals surface area (Å²) in [7, 11) is 0. The molecule has 0 spiro atoms. The van der Waals surface area contributed by atoms with Gasteiger partial charge in [0.2, 0.25) is 0 Å². The molecule has 0 atom stereocenters. The van der Waals surface area contributed by atoms with Gasteiger partial charge in [-0.15, -0.1) is 0 Å². The van der Waals surface area contributed by atoms with Crippen molar-refractivity contribution < 1.29 is 14.6 Å². The molecule has 22 heavy (non-hydrogen) atoms. The van der Waals surface area contributed by atoms with Crippen molar-refractivity contribution >= 4 is 0 Å². The Morgan fingerprint density at radius 2 is 1.77 bits per heavy atom. The Labute approximate surface area is 135 Å². The SMILES string of the molecule is CCOC[C](O)Oc1cc(C(C)(C)CC(C)(C)C)ccc1C. The molecule has 0 heterocycles. The van der Waals surface area contributed by atoms with Gasteiger partial charge in [-0.05, 0) is 48.3 Å². The van der Waals surface area contributed by atoms with Crippen LogP contribution in [-0.2, 0) is 10.2 Å². The molecule has 1 aromatic rings. The van der Waals surface area contributed by atoms with Crippen molar-refractivity contribution in [3.63, 3.8) is 0 Å². The average molecular weight is 307 g/mol. The minimum Gasteiger partial charge on any atom is -0.453 e. The molecule has 0 amide bonds. The summed E-state index contributed by atoms with van der Waals surface area (Å²) < 4.78 is 10.7. The van der Waals surface area contributed by atoms with Crippen molar-refractivity contribution in [3.05, 3.63) is 35.6 Å². The molecule has 0 unspecified atom stereocenters. The van der Waals surface area contributed by atoms with E-state index in [9.17, 15) is 5.11 Å². The molecule has 0 aromatic heterocycles. The average Bonchev–Trinajstić information content (AvgIpc) is 2.36.